The quantitative estimate of drug-likeness (QED) is 0.657. The minimum absolute atomic E-state index is 0. The number of hydrogen-bond acceptors (Lipinski definition) is 3. The summed E-state index contributed by atoms with van der Waals surface area (Å²) in [6.45, 7) is 7.14. The Morgan fingerprint density at radius 1 is 1.15 bits per heavy atom. The maximum atomic E-state index is 6.28. The topological polar surface area (TPSA) is 21.7 Å². The summed E-state index contributed by atoms with van der Waals surface area (Å²) in [5.41, 5.74) is 2.40. The molecule has 0 aromatic heterocycles. The van der Waals surface area contributed by atoms with Gasteiger partial charge in [-0.15, -0.1) is 17.0 Å². The van der Waals surface area contributed by atoms with Crippen molar-refractivity contribution in [1.29, 1.82) is 0 Å². The summed E-state index contributed by atoms with van der Waals surface area (Å²) in [4.78, 5) is 2.16. The molecule has 1 aliphatic heterocycles. The second-order valence-electron chi connectivity index (χ2n) is 7.85. The van der Waals surface area contributed by atoms with Gasteiger partial charge in [0, 0.05) is 23.6 Å². The largest absolute Gasteiger partial charge is 0.492 e. The molecule has 2 atom stereocenters. The van der Waals surface area contributed by atoms with E-state index in [9.17, 15) is 0 Å². The molecule has 2 unspecified atom stereocenters. The van der Waals surface area contributed by atoms with Crippen LogP contribution < -0.4 is 9.47 Å². The molecule has 0 amide bonds. The number of ether oxygens (including phenoxy) is 2. The minimum Gasteiger partial charge on any atom is -0.492 e. The SMILES string of the molecule is Br.CC(COc1ccc2c(c1)OC(C)(C)CC2c1ccccc1)N(C)C. The number of benzene rings is 2. The van der Waals surface area contributed by atoms with Crippen LogP contribution >= 0.6 is 17.0 Å². The fourth-order valence-electron chi connectivity index (χ4n) is 3.27. The molecule has 1 heterocycles. The molecule has 3 nitrogen and oxygen atoms in total. The third kappa shape index (κ3) is 4.80. The lowest BCUT2D eigenvalue weighted by Crippen LogP contribution is -2.35. The standard InChI is InChI=1S/C22H29NO2.BrH/c1-16(23(4)5)15-24-18-11-12-19-20(17-9-7-6-8-10-17)14-22(2,3)25-21(19)13-18;/h6-13,16,20H,14-15H2,1-5H3;1H. The molecule has 142 valence electrons. The first-order valence-electron chi connectivity index (χ1n) is 9.03. The van der Waals surface area contributed by atoms with Crippen LogP contribution in [0.1, 0.15) is 44.2 Å². The Kier molecular flexibility index (Phi) is 6.75. The summed E-state index contributed by atoms with van der Waals surface area (Å²) in [6, 6.07) is 17.3. The lowest BCUT2D eigenvalue weighted by molar-refractivity contribution is 0.0768. The Bertz CT molecular complexity index is 715. The van der Waals surface area contributed by atoms with Crippen molar-refractivity contribution in [2.24, 2.45) is 0 Å². The zero-order chi connectivity index (χ0) is 18.0. The number of fused-ring (bicyclic) bond motifs is 1. The van der Waals surface area contributed by atoms with Crippen LogP contribution in [0.25, 0.3) is 0 Å². The van der Waals surface area contributed by atoms with Gasteiger partial charge in [0.25, 0.3) is 0 Å². The van der Waals surface area contributed by atoms with Crippen LogP contribution in [0.3, 0.4) is 0 Å². The Labute approximate surface area is 168 Å². The van der Waals surface area contributed by atoms with E-state index in [0.717, 1.165) is 17.9 Å². The molecule has 3 rings (SSSR count). The Morgan fingerprint density at radius 2 is 1.85 bits per heavy atom. The second kappa shape index (κ2) is 8.45. The zero-order valence-electron chi connectivity index (χ0n) is 16.4. The molecule has 0 N–H and O–H groups in total. The number of nitrogens with zero attached hydrogens (tertiary/aromatic N) is 1. The summed E-state index contributed by atoms with van der Waals surface area (Å²) in [7, 11) is 4.13. The first kappa shape index (κ1) is 20.8. The third-order valence-electron chi connectivity index (χ3n) is 5.02. The molecule has 26 heavy (non-hydrogen) atoms. The maximum Gasteiger partial charge on any atom is 0.127 e. The van der Waals surface area contributed by atoms with Crippen molar-refractivity contribution in [2.45, 2.75) is 44.8 Å². The fraction of sp³-hybridized carbons (Fsp3) is 0.455. The highest BCUT2D eigenvalue weighted by Gasteiger charge is 2.34. The Hall–Kier alpha value is -1.52. The molecular weight excluding hydrogens is 390 g/mol. The fourth-order valence-corrected chi connectivity index (χ4v) is 3.27. The van der Waals surface area contributed by atoms with E-state index in [0.29, 0.717) is 18.6 Å². The summed E-state index contributed by atoms with van der Waals surface area (Å²) < 4.78 is 12.3. The van der Waals surface area contributed by atoms with Gasteiger partial charge in [-0.2, -0.15) is 0 Å². The molecule has 0 aliphatic carbocycles. The zero-order valence-corrected chi connectivity index (χ0v) is 18.1. The van der Waals surface area contributed by atoms with Gasteiger partial charge in [-0.3, -0.25) is 0 Å². The number of rotatable bonds is 5. The molecule has 0 spiro atoms. The average molecular weight is 420 g/mol. The molecule has 0 bridgehead atoms. The van der Waals surface area contributed by atoms with Gasteiger partial charge in [-0.05, 0) is 52.9 Å². The molecule has 0 saturated heterocycles. The predicted molar refractivity (Wildman–Crippen MR) is 113 cm³/mol. The van der Waals surface area contributed by atoms with Crippen molar-refractivity contribution in [3.8, 4) is 11.5 Å². The number of hydrogen-bond donors (Lipinski definition) is 0. The van der Waals surface area contributed by atoms with Gasteiger partial charge in [0.2, 0.25) is 0 Å². The van der Waals surface area contributed by atoms with Crippen LogP contribution in [0.2, 0.25) is 0 Å². The van der Waals surface area contributed by atoms with Gasteiger partial charge in [-0.25, -0.2) is 0 Å². The van der Waals surface area contributed by atoms with Crippen molar-refractivity contribution in [3.63, 3.8) is 0 Å². The molecule has 0 radical (unpaired) electrons. The van der Waals surface area contributed by atoms with E-state index in [1.165, 1.54) is 11.1 Å². The first-order valence-corrected chi connectivity index (χ1v) is 9.03. The highest BCUT2D eigenvalue weighted by Crippen LogP contribution is 2.45. The third-order valence-corrected chi connectivity index (χ3v) is 5.02. The monoisotopic (exact) mass is 419 g/mol. The summed E-state index contributed by atoms with van der Waals surface area (Å²) in [5.74, 6) is 2.17. The second-order valence-corrected chi connectivity index (χ2v) is 7.85. The van der Waals surface area contributed by atoms with Gasteiger partial charge < -0.3 is 14.4 Å². The summed E-state index contributed by atoms with van der Waals surface area (Å²) in [5, 5.41) is 0. The average Bonchev–Trinajstić information content (AvgIpc) is 2.58. The van der Waals surface area contributed by atoms with Gasteiger partial charge in [0.1, 0.15) is 23.7 Å². The minimum atomic E-state index is -0.191. The molecule has 2 aromatic rings. The van der Waals surface area contributed by atoms with Crippen LogP contribution in [-0.2, 0) is 0 Å². The summed E-state index contributed by atoms with van der Waals surface area (Å²) >= 11 is 0. The van der Waals surface area contributed by atoms with Crippen molar-refractivity contribution in [3.05, 3.63) is 59.7 Å². The van der Waals surface area contributed by atoms with Crippen molar-refractivity contribution in [2.75, 3.05) is 20.7 Å². The molecular formula is C22H30BrNO2. The van der Waals surface area contributed by atoms with E-state index < -0.39 is 0 Å². The van der Waals surface area contributed by atoms with E-state index in [-0.39, 0.29) is 22.6 Å². The normalized spacial score (nSPS) is 19.1. The highest BCUT2D eigenvalue weighted by atomic mass is 79.9. The lowest BCUT2D eigenvalue weighted by Gasteiger charge is -2.38. The molecule has 1 aliphatic rings. The Morgan fingerprint density at radius 3 is 2.50 bits per heavy atom. The van der Waals surface area contributed by atoms with Crippen molar-refractivity contribution in [1.82, 2.24) is 4.90 Å². The van der Waals surface area contributed by atoms with E-state index in [1.807, 2.05) is 0 Å². The maximum absolute atomic E-state index is 6.28. The number of halogens is 1. The van der Waals surface area contributed by atoms with Gasteiger partial charge in [-0.1, -0.05) is 36.4 Å². The summed E-state index contributed by atoms with van der Waals surface area (Å²) in [6.07, 6.45) is 0.974. The van der Waals surface area contributed by atoms with Gasteiger partial charge in [0.05, 0.1) is 0 Å². The first-order chi connectivity index (χ1) is 11.9. The Balaban J connectivity index is 0.00000243. The van der Waals surface area contributed by atoms with Gasteiger partial charge >= 0.3 is 0 Å². The molecule has 0 fully saturated rings. The van der Waals surface area contributed by atoms with Gasteiger partial charge in [0.15, 0.2) is 0 Å². The van der Waals surface area contributed by atoms with E-state index in [1.54, 1.807) is 0 Å². The van der Waals surface area contributed by atoms with Crippen molar-refractivity contribution < 1.29 is 9.47 Å². The lowest BCUT2D eigenvalue weighted by atomic mass is 9.80. The van der Waals surface area contributed by atoms with E-state index in [4.69, 9.17) is 9.47 Å². The van der Waals surface area contributed by atoms with E-state index >= 15 is 0 Å². The van der Waals surface area contributed by atoms with E-state index in [2.05, 4.69) is 88.3 Å². The van der Waals surface area contributed by atoms with Crippen LogP contribution in [-0.4, -0.2) is 37.2 Å². The number of likely N-dealkylation sites (N-methyl/N-ethyl adjacent to an activating group) is 1. The highest BCUT2D eigenvalue weighted by molar-refractivity contribution is 8.93. The molecule has 0 saturated carbocycles. The van der Waals surface area contributed by atoms with Crippen LogP contribution in [0.4, 0.5) is 0 Å². The van der Waals surface area contributed by atoms with Crippen LogP contribution in [0, 0.1) is 0 Å². The smallest absolute Gasteiger partial charge is 0.127 e. The van der Waals surface area contributed by atoms with Crippen LogP contribution in [0.15, 0.2) is 48.5 Å². The molecule has 2 aromatic carbocycles. The predicted octanol–water partition coefficient (Wildman–Crippen LogP) is 5.29. The van der Waals surface area contributed by atoms with Crippen LogP contribution in [0.5, 0.6) is 11.5 Å². The molecule has 4 heteroatoms. The van der Waals surface area contributed by atoms with Crippen molar-refractivity contribution >= 4 is 17.0 Å².